The zero-order chi connectivity index (χ0) is 11.0. The maximum Gasteiger partial charge on any atom is 0.157 e. The zero-order valence-corrected chi connectivity index (χ0v) is 8.97. The molecule has 0 bridgehead atoms. The maximum atomic E-state index is 5.94. The van der Waals surface area contributed by atoms with Crippen molar-refractivity contribution in [3.8, 4) is 0 Å². The molecule has 3 rings (SSSR count). The van der Waals surface area contributed by atoms with E-state index in [0.29, 0.717) is 11.7 Å². The van der Waals surface area contributed by atoms with Gasteiger partial charge in [-0.3, -0.25) is 0 Å². The molecule has 5 nitrogen and oxygen atoms in total. The van der Waals surface area contributed by atoms with Gasteiger partial charge in [-0.05, 0) is 12.8 Å². The molecule has 0 aliphatic carbocycles. The minimum Gasteiger partial charge on any atom is -0.384 e. The number of rotatable bonds is 1. The Kier molecular flexibility index (Phi) is 2.25. The van der Waals surface area contributed by atoms with E-state index < -0.39 is 0 Å². The topological polar surface area (TPSA) is 65.4 Å². The van der Waals surface area contributed by atoms with Crippen LogP contribution in [0.2, 0.25) is 0 Å². The molecule has 0 radical (unpaired) electrons. The summed E-state index contributed by atoms with van der Waals surface area (Å²) in [6.45, 7) is 1.63. The monoisotopic (exact) mass is 218 g/mol. The summed E-state index contributed by atoms with van der Waals surface area (Å²) >= 11 is 0. The van der Waals surface area contributed by atoms with Gasteiger partial charge in [0.15, 0.2) is 5.65 Å². The Morgan fingerprint density at radius 3 is 3.00 bits per heavy atom. The summed E-state index contributed by atoms with van der Waals surface area (Å²) < 4.78 is 7.00. The number of fused-ring (bicyclic) bond motifs is 1. The van der Waals surface area contributed by atoms with Crippen LogP contribution in [0.15, 0.2) is 18.3 Å². The second-order valence-electron chi connectivity index (χ2n) is 4.09. The van der Waals surface area contributed by atoms with E-state index >= 15 is 0 Å². The summed E-state index contributed by atoms with van der Waals surface area (Å²) in [5.41, 5.74) is 7.82. The number of ether oxygens (including phenoxy) is 1. The standard InChI is InChI=1S/C11H14N4O/c12-10-7-9(8-2-5-16-6-3-8)14-11-1-4-13-15(10)11/h1,4,7-8H,2-3,5-6,12H2. The highest BCUT2D eigenvalue weighted by molar-refractivity contribution is 5.47. The molecule has 0 atom stereocenters. The van der Waals surface area contributed by atoms with Gasteiger partial charge in [0.05, 0.1) is 6.20 Å². The van der Waals surface area contributed by atoms with E-state index in [2.05, 4.69) is 10.1 Å². The molecule has 0 unspecified atom stereocenters. The van der Waals surface area contributed by atoms with E-state index in [9.17, 15) is 0 Å². The summed E-state index contributed by atoms with van der Waals surface area (Å²) in [5, 5.41) is 4.11. The van der Waals surface area contributed by atoms with E-state index in [1.54, 1.807) is 10.7 Å². The molecule has 1 saturated heterocycles. The second kappa shape index (κ2) is 3.75. The first-order valence-electron chi connectivity index (χ1n) is 5.52. The molecule has 0 saturated carbocycles. The van der Waals surface area contributed by atoms with Crippen molar-refractivity contribution in [1.29, 1.82) is 0 Å². The average Bonchev–Trinajstić information content (AvgIpc) is 2.79. The minimum atomic E-state index is 0.468. The van der Waals surface area contributed by atoms with E-state index in [0.717, 1.165) is 37.4 Å². The Labute approximate surface area is 93.2 Å². The van der Waals surface area contributed by atoms with Gasteiger partial charge in [0.25, 0.3) is 0 Å². The number of hydrogen-bond acceptors (Lipinski definition) is 4. The Hall–Kier alpha value is -1.62. The summed E-state index contributed by atoms with van der Waals surface area (Å²) in [7, 11) is 0. The van der Waals surface area contributed by atoms with Crippen LogP contribution in [0.4, 0.5) is 5.82 Å². The molecule has 2 N–H and O–H groups in total. The lowest BCUT2D eigenvalue weighted by molar-refractivity contribution is 0.0845. The number of nitrogens with zero attached hydrogens (tertiary/aromatic N) is 3. The van der Waals surface area contributed by atoms with Gasteiger partial charge in [-0.15, -0.1) is 0 Å². The quantitative estimate of drug-likeness (QED) is 0.781. The molecular formula is C11H14N4O. The lowest BCUT2D eigenvalue weighted by Gasteiger charge is -2.21. The molecule has 5 heteroatoms. The third kappa shape index (κ3) is 1.53. The van der Waals surface area contributed by atoms with Crippen LogP contribution in [0, 0.1) is 0 Å². The molecule has 1 fully saturated rings. The third-order valence-corrected chi connectivity index (χ3v) is 3.05. The molecule has 1 aliphatic rings. The predicted octanol–water partition coefficient (Wildman–Crippen LogP) is 1.21. The Bertz CT molecular complexity index is 502. The molecule has 3 heterocycles. The minimum absolute atomic E-state index is 0.468. The smallest absolute Gasteiger partial charge is 0.157 e. The van der Waals surface area contributed by atoms with Crippen molar-refractivity contribution >= 4 is 11.5 Å². The van der Waals surface area contributed by atoms with E-state index in [1.807, 2.05) is 12.1 Å². The van der Waals surface area contributed by atoms with Crippen LogP contribution >= 0.6 is 0 Å². The van der Waals surface area contributed by atoms with Crippen LogP contribution in [0.3, 0.4) is 0 Å². The lowest BCUT2D eigenvalue weighted by atomic mass is 9.96. The van der Waals surface area contributed by atoms with E-state index in [4.69, 9.17) is 10.5 Å². The number of nitrogens with two attached hydrogens (primary N) is 1. The van der Waals surface area contributed by atoms with Gasteiger partial charge in [0.1, 0.15) is 5.82 Å². The van der Waals surface area contributed by atoms with Gasteiger partial charge in [0.2, 0.25) is 0 Å². The summed E-state index contributed by atoms with van der Waals surface area (Å²) in [6.07, 6.45) is 3.76. The Balaban J connectivity index is 2.02. The normalized spacial score (nSPS) is 18.0. The molecule has 84 valence electrons. The fourth-order valence-corrected chi connectivity index (χ4v) is 2.16. The highest BCUT2D eigenvalue weighted by Crippen LogP contribution is 2.26. The van der Waals surface area contributed by atoms with E-state index in [1.165, 1.54) is 0 Å². The fraction of sp³-hybridized carbons (Fsp3) is 0.455. The predicted molar refractivity (Wildman–Crippen MR) is 60.2 cm³/mol. The first-order chi connectivity index (χ1) is 7.84. The van der Waals surface area contributed by atoms with Crippen molar-refractivity contribution in [1.82, 2.24) is 14.6 Å². The van der Waals surface area contributed by atoms with Crippen LogP contribution < -0.4 is 5.73 Å². The number of aromatic nitrogens is 3. The Morgan fingerprint density at radius 1 is 1.38 bits per heavy atom. The number of hydrogen-bond donors (Lipinski definition) is 1. The molecule has 2 aromatic heterocycles. The summed E-state index contributed by atoms with van der Waals surface area (Å²) in [4.78, 5) is 4.58. The highest BCUT2D eigenvalue weighted by atomic mass is 16.5. The second-order valence-corrected chi connectivity index (χ2v) is 4.09. The third-order valence-electron chi connectivity index (χ3n) is 3.05. The van der Waals surface area contributed by atoms with E-state index in [-0.39, 0.29) is 0 Å². The molecular weight excluding hydrogens is 204 g/mol. The summed E-state index contributed by atoms with van der Waals surface area (Å²) in [5.74, 6) is 1.12. The molecule has 16 heavy (non-hydrogen) atoms. The van der Waals surface area contributed by atoms with Crippen LogP contribution in [0.25, 0.3) is 5.65 Å². The van der Waals surface area contributed by atoms with Gasteiger partial charge in [-0.25, -0.2) is 4.98 Å². The summed E-state index contributed by atoms with van der Waals surface area (Å²) in [6, 6.07) is 3.80. The van der Waals surface area contributed by atoms with Crippen molar-refractivity contribution in [3.63, 3.8) is 0 Å². The van der Waals surface area contributed by atoms with Crippen molar-refractivity contribution in [2.24, 2.45) is 0 Å². The highest BCUT2D eigenvalue weighted by Gasteiger charge is 2.18. The van der Waals surface area contributed by atoms with Gasteiger partial charge in [0, 0.05) is 37.0 Å². The lowest BCUT2D eigenvalue weighted by Crippen LogP contribution is -2.16. The first-order valence-corrected chi connectivity index (χ1v) is 5.52. The van der Waals surface area contributed by atoms with Crippen molar-refractivity contribution in [2.75, 3.05) is 18.9 Å². The Morgan fingerprint density at radius 2 is 2.19 bits per heavy atom. The van der Waals surface area contributed by atoms with Gasteiger partial charge >= 0.3 is 0 Å². The first kappa shape index (κ1) is 9.59. The van der Waals surface area contributed by atoms with Gasteiger partial charge in [-0.1, -0.05) is 0 Å². The van der Waals surface area contributed by atoms with Crippen LogP contribution in [0.1, 0.15) is 24.5 Å². The molecule has 2 aromatic rings. The molecule has 0 aromatic carbocycles. The zero-order valence-electron chi connectivity index (χ0n) is 8.97. The van der Waals surface area contributed by atoms with Crippen molar-refractivity contribution < 1.29 is 4.74 Å². The molecule has 1 aliphatic heterocycles. The van der Waals surface area contributed by atoms with Crippen LogP contribution in [-0.4, -0.2) is 27.8 Å². The van der Waals surface area contributed by atoms with Gasteiger partial charge in [-0.2, -0.15) is 9.61 Å². The van der Waals surface area contributed by atoms with Gasteiger partial charge < -0.3 is 10.5 Å². The molecule has 0 spiro atoms. The number of anilines is 1. The largest absolute Gasteiger partial charge is 0.384 e. The van der Waals surface area contributed by atoms with Crippen LogP contribution in [-0.2, 0) is 4.74 Å². The SMILES string of the molecule is Nc1cc(C2CCOCC2)nc2ccnn12. The maximum absolute atomic E-state index is 5.94. The average molecular weight is 218 g/mol. The van der Waals surface area contributed by atoms with Crippen LogP contribution in [0.5, 0.6) is 0 Å². The number of nitrogen functional groups attached to an aromatic ring is 1. The van der Waals surface area contributed by atoms with Crippen molar-refractivity contribution in [2.45, 2.75) is 18.8 Å². The molecule has 0 amide bonds. The van der Waals surface area contributed by atoms with Crippen molar-refractivity contribution in [3.05, 3.63) is 24.0 Å². The fourth-order valence-electron chi connectivity index (χ4n) is 2.16.